The number of hydrogen-bond acceptors (Lipinski definition) is 6. The van der Waals surface area contributed by atoms with Crippen molar-refractivity contribution >= 4 is 17.5 Å². The van der Waals surface area contributed by atoms with Crippen molar-refractivity contribution in [2.45, 2.75) is 17.9 Å². The third kappa shape index (κ3) is 3.61. The molecule has 29 heavy (non-hydrogen) atoms. The fraction of sp³-hybridized carbons (Fsp3) is 0.235. The van der Waals surface area contributed by atoms with E-state index in [1.165, 1.54) is 29.7 Å². The maximum Gasteiger partial charge on any atom is 0.437 e. The van der Waals surface area contributed by atoms with Crippen LogP contribution in [0.25, 0.3) is 0 Å². The molecule has 2 heterocycles. The summed E-state index contributed by atoms with van der Waals surface area (Å²) in [6.07, 6.45) is -4.21. The Balaban J connectivity index is 2.14. The van der Waals surface area contributed by atoms with Crippen LogP contribution in [-0.4, -0.2) is 38.7 Å². The number of benzene rings is 1. The molecule has 0 radical (unpaired) electrons. The Kier molecular flexibility index (Phi) is 4.96. The molecular weight excluding hydrogens is 397 g/mol. The number of urea groups is 1. The summed E-state index contributed by atoms with van der Waals surface area (Å²) in [7, 11) is 0. The van der Waals surface area contributed by atoms with Crippen molar-refractivity contribution in [2.75, 3.05) is 0 Å². The number of halogens is 3. The largest absolute Gasteiger partial charge is 0.437 e. The molecule has 2 amide bonds. The standard InChI is InChI=1S/C17H13F3N4O5/c18-17(19,20)16(27)12(14(25)11-3-1-2-8-21-11)13(22-15(26)23-16)9-4-6-10(7-5-9)24(28)29/h1-8,12-13,27H,(H2,22,23,26)/t12-,13+,16+/m1/s1. The third-order valence-corrected chi connectivity index (χ3v) is 4.47. The Bertz CT molecular complexity index is 952. The Morgan fingerprint density at radius 2 is 1.86 bits per heavy atom. The first-order valence-corrected chi connectivity index (χ1v) is 8.12. The zero-order valence-corrected chi connectivity index (χ0v) is 14.4. The highest BCUT2D eigenvalue weighted by Crippen LogP contribution is 2.43. The molecule has 1 saturated heterocycles. The van der Waals surface area contributed by atoms with E-state index >= 15 is 0 Å². The van der Waals surface area contributed by atoms with Crippen LogP contribution in [0.15, 0.2) is 48.7 Å². The second-order valence-electron chi connectivity index (χ2n) is 6.25. The molecule has 1 fully saturated rings. The number of pyridine rings is 1. The minimum Gasteiger partial charge on any atom is -0.363 e. The zero-order chi connectivity index (χ0) is 21.4. The lowest BCUT2D eigenvalue weighted by molar-refractivity contribution is -0.384. The van der Waals surface area contributed by atoms with Gasteiger partial charge in [0, 0.05) is 18.3 Å². The second-order valence-corrected chi connectivity index (χ2v) is 6.25. The molecule has 152 valence electrons. The van der Waals surface area contributed by atoms with Crippen LogP contribution in [0.2, 0.25) is 0 Å². The SMILES string of the molecule is O=C1N[C@@H](c2ccc([N+](=O)[O-])cc2)[C@H](C(=O)c2ccccn2)[C@](O)(C(F)(F)F)N1. The number of nitro benzene ring substituents is 1. The molecule has 3 N–H and O–H groups in total. The Morgan fingerprint density at radius 1 is 1.21 bits per heavy atom. The summed E-state index contributed by atoms with van der Waals surface area (Å²) in [5.41, 5.74) is -4.63. The molecule has 1 aliphatic heterocycles. The normalized spacial score (nSPS) is 24.3. The van der Waals surface area contributed by atoms with Gasteiger partial charge in [-0.1, -0.05) is 18.2 Å². The van der Waals surface area contributed by atoms with Gasteiger partial charge >= 0.3 is 12.2 Å². The molecule has 9 nitrogen and oxygen atoms in total. The number of rotatable bonds is 4. The molecule has 3 atom stereocenters. The number of carbonyl (C=O) groups is 2. The van der Waals surface area contributed by atoms with Crippen LogP contribution >= 0.6 is 0 Å². The highest BCUT2D eigenvalue weighted by Gasteiger charge is 2.66. The van der Waals surface area contributed by atoms with Crippen LogP contribution in [0.4, 0.5) is 23.7 Å². The third-order valence-electron chi connectivity index (χ3n) is 4.47. The van der Waals surface area contributed by atoms with Gasteiger partial charge in [-0.2, -0.15) is 13.2 Å². The number of amides is 2. The van der Waals surface area contributed by atoms with E-state index in [0.29, 0.717) is 0 Å². The lowest BCUT2D eigenvalue weighted by Crippen LogP contribution is -2.72. The number of hydrogen-bond donors (Lipinski definition) is 3. The summed E-state index contributed by atoms with van der Waals surface area (Å²) in [5.74, 6) is -3.43. The summed E-state index contributed by atoms with van der Waals surface area (Å²) in [6, 6.07) is 5.22. The van der Waals surface area contributed by atoms with E-state index in [4.69, 9.17) is 0 Å². The van der Waals surface area contributed by atoms with Crippen LogP contribution in [0.3, 0.4) is 0 Å². The fourth-order valence-electron chi connectivity index (χ4n) is 3.09. The molecule has 1 aromatic carbocycles. The Hall–Kier alpha value is -3.54. The van der Waals surface area contributed by atoms with E-state index in [2.05, 4.69) is 10.3 Å². The summed E-state index contributed by atoms with van der Waals surface area (Å²) < 4.78 is 41.2. The second kappa shape index (κ2) is 7.13. The van der Waals surface area contributed by atoms with Gasteiger partial charge in [-0.05, 0) is 17.7 Å². The molecular formula is C17H13F3N4O5. The molecule has 3 rings (SSSR count). The average Bonchev–Trinajstić information content (AvgIpc) is 2.67. The Morgan fingerprint density at radius 3 is 2.38 bits per heavy atom. The topological polar surface area (TPSA) is 134 Å². The fourth-order valence-corrected chi connectivity index (χ4v) is 3.09. The smallest absolute Gasteiger partial charge is 0.363 e. The molecule has 2 aromatic rings. The minimum absolute atomic E-state index is 0.0394. The minimum atomic E-state index is -5.40. The Labute approximate surface area is 160 Å². The van der Waals surface area contributed by atoms with Gasteiger partial charge in [0.1, 0.15) is 11.6 Å². The molecule has 0 unspecified atom stereocenters. The first kappa shape index (κ1) is 20.2. The molecule has 1 aliphatic rings. The van der Waals surface area contributed by atoms with Gasteiger partial charge in [0.05, 0.1) is 11.0 Å². The van der Waals surface area contributed by atoms with Crippen LogP contribution in [0.5, 0.6) is 0 Å². The molecule has 1 aromatic heterocycles. The van der Waals surface area contributed by atoms with E-state index < -0.39 is 40.6 Å². The van der Waals surface area contributed by atoms with Crippen LogP contribution in [-0.2, 0) is 0 Å². The number of ketones is 1. The van der Waals surface area contributed by atoms with Crippen molar-refractivity contribution in [3.63, 3.8) is 0 Å². The van der Waals surface area contributed by atoms with Crippen molar-refractivity contribution in [2.24, 2.45) is 5.92 Å². The van der Waals surface area contributed by atoms with Gasteiger partial charge in [-0.25, -0.2) is 4.79 Å². The van der Waals surface area contributed by atoms with E-state index in [0.717, 1.165) is 24.3 Å². The molecule has 0 bridgehead atoms. The number of nitrogens with one attached hydrogen (secondary N) is 2. The molecule has 0 aliphatic carbocycles. The number of aromatic nitrogens is 1. The number of alkyl halides is 3. The predicted molar refractivity (Wildman–Crippen MR) is 90.6 cm³/mol. The van der Waals surface area contributed by atoms with Crippen LogP contribution in [0, 0.1) is 16.0 Å². The molecule has 0 spiro atoms. The van der Waals surface area contributed by atoms with Crippen LogP contribution < -0.4 is 10.6 Å². The van der Waals surface area contributed by atoms with Crippen molar-refractivity contribution < 1.29 is 32.8 Å². The highest BCUT2D eigenvalue weighted by molar-refractivity contribution is 5.99. The quantitative estimate of drug-likeness (QED) is 0.401. The lowest BCUT2D eigenvalue weighted by atomic mass is 9.78. The van der Waals surface area contributed by atoms with Crippen molar-refractivity contribution in [1.82, 2.24) is 15.6 Å². The number of nitrogens with zero attached hydrogens (tertiary/aromatic N) is 2. The van der Waals surface area contributed by atoms with Crippen LogP contribution in [0.1, 0.15) is 22.1 Å². The number of Topliss-reactive ketones (excluding diaryl/α,β-unsaturated/α-hetero) is 1. The number of nitro groups is 1. The van der Waals surface area contributed by atoms with E-state index in [1.54, 1.807) is 0 Å². The van der Waals surface area contributed by atoms with Crippen molar-refractivity contribution in [3.8, 4) is 0 Å². The number of aliphatic hydroxyl groups is 1. The van der Waals surface area contributed by atoms with Gasteiger partial charge in [-0.3, -0.25) is 19.9 Å². The van der Waals surface area contributed by atoms with Gasteiger partial charge in [0.2, 0.25) is 5.72 Å². The monoisotopic (exact) mass is 410 g/mol. The first-order valence-electron chi connectivity index (χ1n) is 8.12. The lowest BCUT2D eigenvalue weighted by Gasteiger charge is -2.44. The summed E-state index contributed by atoms with van der Waals surface area (Å²) in [5, 5.41) is 24.8. The predicted octanol–water partition coefficient (Wildman–Crippen LogP) is 2.09. The van der Waals surface area contributed by atoms with Gasteiger partial charge in [-0.15, -0.1) is 0 Å². The summed E-state index contributed by atoms with van der Waals surface area (Å²) >= 11 is 0. The molecule has 0 saturated carbocycles. The number of carbonyl (C=O) groups excluding carboxylic acids is 2. The average molecular weight is 410 g/mol. The van der Waals surface area contributed by atoms with Crippen molar-refractivity contribution in [3.05, 3.63) is 70.0 Å². The summed E-state index contributed by atoms with van der Waals surface area (Å²) in [6.45, 7) is 0. The summed E-state index contributed by atoms with van der Waals surface area (Å²) in [4.78, 5) is 38.6. The maximum absolute atomic E-state index is 13.7. The molecule has 12 heteroatoms. The van der Waals surface area contributed by atoms with E-state index in [9.17, 15) is 38.0 Å². The zero-order valence-electron chi connectivity index (χ0n) is 14.4. The van der Waals surface area contributed by atoms with Gasteiger partial charge in [0.15, 0.2) is 5.78 Å². The highest BCUT2D eigenvalue weighted by atomic mass is 19.4. The first-order chi connectivity index (χ1) is 13.5. The van der Waals surface area contributed by atoms with Gasteiger partial charge < -0.3 is 15.7 Å². The van der Waals surface area contributed by atoms with E-state index in [-0.39, 0.29) is 16.9 Å². The van der Waals surface area contributed by atoms with Crippen molar-refractivity contribution in [1.29, 1.82) is 0 Å². The van der Waals surface area contributed by atoms with Gasteiger partial charge in [0.25, 0.3) is 5.69 Å². The van der Waals surface area contributed by atoms with E-state index in [1.807, 2.05) is 0 Å². The number of non-ortho nitro benzene ring substituents is 1. The maximum atomic E-state index is 13.7.